The van der Waals surface area contributed by atoms with Gasteiger partial charge in [-0.2, -0.15) is 0 Å². The van der Waals surface area contributed by atoms with Crippen molar-refractivity contribution in [3.63, 3.8) is 0 Å². The first kappa shape index (κ1) is 11.3. The predicted molar refractivity (Wildman–Crippen MR) is 67.8 cm³/mol. The number of aliphatic imine (C=N–C) groups is 1. The fourth-order valence-corrected chi connectivity index (χ4v) is 1.95. The molecule has 0 saturated heterocycles. The van der Waals surface area contributed by atoms with Gasteiger partial charge in [0.15, 0.2) is 0 Å². The Balaban J connectivity index is 2.48. The minimum atomic E-state index is 0.620. The number of hydrogen-bond donors (Lipinski definition) is 0. The van der Waals surface area contributed by atoms with Gasteiger partial charge >= 0.3 is 0 Å². The van der Waals surface area contributed by atoms with Crippen molar-refractivity contribution in [2.75, 3.05) is 31.6 Å². The van der Waals surface area contributed by atoms with E-state index < -0.39 is 0 Å². The lowest BCUT2D eigenvalue weighted by Crippen LogP contribution is -2.20. The van der Waals surface area contributed by atoms with Crippen LogP contribution in [0.1, 0.15) is 12.5 Å². The van der Waals surface area contributed by atoms with Gasteiger partial charge in [-0.15, -0.1) is 0 Å². The van der Waals surface area contributed by atoms with E-state index in [0.29, 0.717) is 17.5 Å². The maximum Gasteiger partial charge on any atom is 0.218 e. The number of halogens is 1. The van der Waals surface area contributed by atoms with Crippen LogP contribution in [0, 0.1) is 0 Å². The van der Waals surface area contributed by atoms with E-state index in [1.54, 1.807) is 0 Å². The van der Waals surface area contributed by atoms with Crippen LogP contribution in [-0.4, -0.2) is 32.6 Å². The third-order valence-electron chi connectivity index (χ3n) is 2.57. The standard InChI is InChI=1S/C12H15ClN2O/c1-3-16-12-10-8-9(13)4-5-11(10)15(2)7-6-14-12/h4-5,8H,3,6-7H2,1-2H3. The molecule has 0 bridgehead atoms. The molecule has 1 aromatic carbocycles. The molecule has 0 unspecified atom stereocenters. The fraction of sp³-hybridized carbons (Fsp3) is 0.417. The highest BCUT2D eigenvalue weighted by molar-refractivity contribution is 6.31. The van der Waals surface area contributed by atoms with Gasteiger partial charge in [0.1, 0.15) is 0 Å². The second-order valence-corrected chi connectivity index (χ2v) is 4.14. The third kappa shape index (κ3) is 2.14. The molecule has 1 aliphatic rings. The van der Waals surface area contributed by atoms with Crippen molar-refractivity contribution >= 4 is 23.2 Å². The number of rotatable bonds is 1. The average Bonchev–Trinajstić information content (AvgIpc) is 2.40. The van der Waals surface area contributed by atoms with E-state index >= 15 is 0 Å². The van der Waals surface area contributed by atoms with E-state index in [1.807, 2.05) is 25.1 Å². The Morgan fingerprint density at radius 3 is 3.06 bits per heavy atom. The van der Waals surface area contributed by atoms with E-state index in [-0.39, 0.29) is 0 Å². The minimum Gasteiger partial charge on any atom is -0.478 e. The monoisotopic (exact) mass is 238 g/mol. The molecule has 0 spiro atoms. The molecule has 0 amide bonds. The van der Waals surface area contributed by atoms with Crippen LogP contribution in [-0.2, 0) is 4.74 Å². The van der Waals surface area contributed by atoms with Gasteiger partial charge in [0.25, 0.3) is 0 Å². The number of nitrogens with zero attached hydrogens (tertiary/aromatic N) is 2. The summed E-state index contributed by atoms with van der Waals surface area (Å²) < 4.78 is 5.56. The fourth-order valence-electron chi connectivity index (χ4n) is 1.78. The number of ether oxygens (including phenoxy) is 1. The first-order valence-electron chi connectivity index (χ1n) is 5.40. The van der Waals surface area contributed by atoms with Gasteiger partial charge < -0.3 is 9.64 Å². The van der Waals surface area contributed by atoms with Crippen molar-refractivity contribution in [2.24, 2.45) is 4.99 Å². The molecule has 1 heterocycles. The molecular formula is C12H15ClN2O. The zero-order valence-electron chi connectivity index (χ0n) is 9.53. The van der Waals surface area contributed by atoms with Crippen LogP contribution < -0.4 is 4.90 Å². The van der Waals surface area contributed by atoms with Crippen molar-refractivity contribution < 1.29 is 4.74 Å². The largest absolute Gasteiger partial charge is 0.478 e. The van der Waals surface area contributed by atoms with Crippen LogP contribution in [0.2, 0.25) is 5.02 Å². The lowest BCUT2D eigenvalue weighted by Gasteiger charge is -2.19. The Morgan fingerprint density at radius 2 is 2.31 bits per heavy atom. The smallest absolute Gasteiger partial charge is 0.218 e. The van der Waals surface area contributed by atoms with Crippen LogP contribution in [0.25, 0.3) is 0 Å². The summed E-state index contributed by atoms with van der Waals surface area (Å²) in [5.74, 6) is 0.698. The zero-order valence-corrected chi connectivity index (χ0v) is 10.3. The first-order chi connectivity index (χ1) is 7.72. The van der Waals surface area contributed by atoms with E-state index in [9.17, 15) is 0 Å². The third-order valence-corrected chi connectivity index (χ3v) is 2.81. The normalized spacial score (nSPS) is 15.2. The maximum atomic E-state index is 6.01. The molecule has 3 nitrogen and oxygen atoms in total. The topological polar surface area (TPSA) is 24.8 Å². The molecule has 0 aromatic heterocycles. The molecule has 0 fully saturated rings. The average molecular weight is 239 g/mol. The molecule has 4 heteroatoms. The Kier molecular flexibility index (Phi) is 3.34. The Labute approximate surface area is 101 Å². The molecular weight excluding hydrogens is 224 g/mol. The summed E-state index contributed by atoms with van der Waals surface area (Å²) in [5, 5.41) is 0.710. The van der Waals surface area contributed by atoms with E-state index in [4.69, 9.17) is 16.3 Å². The van der Waals surface area contributed by atoms with Crippen LogP contribution in [0.15, 0.2) is 23.2 Å². The summed E-state index contributed by atoms with van der Waals surface area (Å²) in [6, 6.07) is 5.82. The highest BCUT2D eigenvalue weighted by atomic mass is 35.5. The molecule has 16 heavy (non-hydrogen) atoms. The van der Waals surface area contributed by atoms with Gasteiger partial charge in [-0.1, -0.05) is 11.6 Å². The number of anilines is 1. The summed E-state index contributed by atoms with van der Waals surface area (Å²) in [7, 11) is 2.05. The highest BCUT2D eigenvalue weighted by Gasteiger charge is 2.17. The lowest BCUT2D eigenvalue weighted by molar-refractivity contribution is 0.327. The Bertz CT molecular complexity index is 417. The van der Waals surface area contributed by atoms with Gasteiger partial charge in [0, 0.05) is 24.3 Å². The zero-order chi connectivity index (χ0) is 11.5. The molecule has 0 N–H and O–H groups in total. The minimum absolute atomic E-state index is 0.620. The summed E-state index contributed by atoms with van der Waals surface area (Å²) in [5.41, 5.74) is 2.10. The molecule has 1 aliphatic heterocycles. The number of benzodiazepines with no additional fused rings is 1. The van der Waals surface area contributed by atoms with Gasteiger partial charge in [0.05, 0.1) is 18.7 Å². The second kappa shape index (κ2) is 4.74. The van der Waals surface area contributed by atoms with Crippen LogP contribution in [0.5, 0.6) is 0 Å². The Hall–Kier alpha value is -1.22. The molecule has 0 saturated carbocycles. The molecule has 1 aromatic rings. The summed E-state index contributed by atoms with van der Waals surface area (Å²) in [6.45, 7) is 4.22. The molecule has 0 atom stereocenters. The van der Waals surface area contributed by atoms with E-state index in [1.165, 1.54) is 0 Å². The lowest BCUT2D eigenvalue weighted by atomic mass is 10.1. The van der Waals surface area contributed by atoms with Gasteiger partial charge in [-0.3, -0.25) is 0 Å². The van der Waals surface area contributed by atoms with E-state index in [2.05, 4.69) is 16.9 Å². The first-order valence-corrected chi connectivity index (χ1v) is 5.78. The van der Waals surface area contributed by atoms with Crippen molar-refractivity contribution in [3.8, 4) is 0 Å². The van der Waals surface area contributed by atoms with Crippen molar-refractivity contribution in [2.45, 2.75) is 6.92 Å². The molecule has 0 aliphatic carbocycles. The van der Waals surface area contributed by atoms with Crippen molar-refractivity contribution in [1.82, 2.24) is 0 Å². The SMILES string of the molecule is CCOC1=NCCN(C)c2ccc(Cl)cc21. The number of benzene rings is 1. The number of fused-ring (bicyclic) bond motifs is 1. The highest BCUT2D eigenvalue weighted by Crippen LogP contribution is 2.26. The van der Waals surface area contributed by atoms with Gasteiger partial charge in [-0.25, -0.2) is 4.99 Å². The van der Waals surface area contributed by atoms with Crippen molar-refractivity contribution in [3.05, 3.63) is 28.8 Å². The van der Waals surface area contributed by atoms with E-state index in [0.717, 1.165) is 24.3 Å². The second-order valence-electron chi connectivity index (χ2n) is 3.70. The molecule has 86 valence electrons. The quantitative estimate of drug-likeness (QED) is 0.751. The van der Waals surface area contributed by atoms with Crippen LogP contribution in [0.4, 0.5) is 5.69 Å². The molecule has 0 radical (unpaired) electrons. The maximum absolute atomic E-state index is 6.01. The van der Waals surface area contributed by atoms with Crippen LogP contribution >= 0.6 is 11.6 Å². The molecule has 2 rings (SSSR count). The number of hydrogen-bond acceptors (Lipinski definition) is 3. The summed E-state index contributed by atoms with van der Waals surface area (Å²) >= 11 is 6.01. The predicted octanol–water partition coefficient (Wildman–Crippen LogP) is 2.57. The van der Waals surface area contributed by atoms with Crippen LogP contribution in [0.3, 0.4) is 0 Å². The van der Waals surface area contributed by atoms with Crippen molar-refractivity contribution in [1.29, 1.82) is 0 Å². The Morgan fingerprint density at radius 1 is 1.50 bits per heavy atom. The number of likely N-dealkylation sites (N-methyl/N-ethyl adjacent to an activating group) is 1. The summed E-state index contributed by atoms with van der Waals surface area (Å²) in [4.78, 5) is 6.61. The summed E-state index contributed by atoms with van der Waals surface area (Å²) in [6.07, 6.45) is 0. The van der Waals surface area contributed by atoms with Gasteiger partial charge in [-0.05, 0) is 25.1 Å². The van der Waals surface area contributed by atoms with Gasteiger partial charge in [0.2, 0.25) is 5.90 Å².